The number of hydrogen-bond donors (Lipinski definition) is 0. The van der Waals surface area contributed by atoms with Crippen LogP contribution < -0.4 is 19.1 Å². The summed E-state index contributed by atoms with van der Waals surface area (Å²) < 4.78 is 54.5. The number of likely N-dealkylation sites (tertiary alicyclic amines) is 1. The summed E-state index contributed by atoms with van der Waals surface area (Å²) in [6.07, 6.45) is -0.579. The number of aryl methyl sites for hydroxylation is 1. The fourth-order valence-corrected chi connectivity index (χ4v) is 6.21. The Labute approximate surface area is 259 Å². The van der Waals surface area contributed by atoms with Gasteiger partial charge in [0.15, 0.2) is 0 Å². The maximum atomic E-state index is 12.4. The Hall–Kier alpha value is -4.04. The Morgan fingerprint density at radius 2 is 1.58 bits per heavy atom. The standard InChI is InChI=1S/C31H37F3N6O5/c32-31(33,34)45-27-5-1-23(2-6-27)19-36-12-9-24(10-13-36)20-37-15-17-38(18-16-37)25-3-7-26(8-4-25)43-22-28-11-14-39-21-29(40(41)42)35-30(39)44-28/h1-8,21,24,28H,9-20,22H2. The zero-order valence-electron chi connectivity index (χ0n) is 24.9. The highest BCUT2D eigenvalue weighted by molar-refractivity contribution is 5.49. The van der Waals surface area contributed by atoms with Gasteiger partial charge in [0.25, 0.3) is 0 Å². The van der Waals surface area contributed by atoms with Crippen LogP contribution in [-0.2, 0) is 13.1 Å². The zero-order chi connectivity index (χ0) is 31.4. The summed E-state index contributed by atoms with van der Waals surface area (Å²) in [7, 11) is 0. The molecule has 0 N–H and O–H groups in total. The van der Waals surface area contributed by atoms with Gasteiger partial charge in [-0.3, -0.25) is 14.4 Å². The number of piperazine rings is 1. The van der Waals surface area contributed by atoms with Gasteiger partial charge in [-0.25, -0.2) is 0 Å². The van der Waals surface area contributed by atoms with Crippen LogP contribution in [0.3, 0.4) is 0 Å². The third-order valence-electron chi connectivity index (χ3n) is 8.68. The molecule has 4 heterocycles. The molecule has 0 aliphatic carbocycles. The summed E-state index contributed by atoms with van der Waals surface area (Å²) in [5.74, 6) is 0.996. The van der Waals surface area contributed by atoms with Gasteiger partial charge in [0.2, 0.25) is 0 Å². The highest BCUT2D eigenvalue weighted by Crippen LogP contribution is 2.27. The van der Waals surface area contributed by atoms with Gasteiger partial charge in [-0.15, -0.1) is 13.2 Å². The van der Waals surface area contributed by atoms with Gasteiger partial charge in [0.1, 0.15) is 30.4 Å². The molecule has 2 saturated heterocycles. The highest BCUT2D eigenvalue weighted by Gasteiger charge is 2.31. The lowest BCUT2D eigenvalue weighted by molar-refractivity contribution is -0.389. The molecule has 242 valence electrons. The lowest BCUT2D eigenvalue weighted by Crippen LogP contribution is -2.48. The fourth-order valence-electron chi connectivity index (χ4n) is 6.21. The monoisotopic (exact) mass is 630 g/mol. The van der Waals surface area contributed by atoms with Crippen molar-refractivity contribution in [3.05, 3.63) is 70.4 Å². The highest BCUT2D eigenvalue weighted by atomic mass is 19.4. The summed E-state index contributed by atoms with van der Waals surface area (Å²) >= 11 is 0. The first-order valence-electron chi connectivity index (χ1n) is 15.3. The summed E-state index contributed by atoms with van der Waals surface area (Å²) in [4.78, 5) is 21.7. The van der Waals surface area contributed by atoms with Gasteiger partial charge in [0.05, 0.1) is 0 Å². The van der Waals surface area contributed by atoms with Crippen molar-refractivity contribution in [1.82, 2.24) is 19.4 Å². The molecule has 3 aromatic rings. The van der Waals surface area contributed by atoms with Crippen LogP contribution >= 0.6 is 0 Å². The van der Waals surface area contributed by atoms with Crippen LogP contribution in [0.15, 0.2) is 54.7 Å². The Balaban J connectivity index is 0.880. The third kappa shape index (κ3) is 8.37. The van der Waals surface area contributed by atoms with E-state index < -0.39 is 11.3 Å². The van der Waals surface area contributed by atoms with Crippen molar-refractivity contribution in [2.24, 2.45) is 5.92 Å². The second-order valence-electron chi connectivity index (χ2n) is 11.9. The van der Waals surface area contributed by atoms with Crippen molar-refractivity contribution in [2.45, 2.75) is 44.8 Å². The van der Waals surface area contributed by atoms with Gasteiger partial charge in [-0.2, -0.15) is 0 Å². The number of rotatable bonds is 10. The summed E-state index contributed by atoms with van der Waals surface area (Å²) in [5, 5.41) is 11.0. The molecule has 2 fully saturated rings. The van der Waals surface area contributed by atoms with Crippen molar-refractivity contribution in [3.63, 3.8) is 0 Å². The van der Waals surface area contributed by atoms with Crippen LogP contribution in [0.25, 0.3) is 0 Å². The zero-order valence-corrected chi connectivity index (χ0v) is 24.9. The van der Waals surface area contributed by atoms with Crippen LogP contribution in [0.5, 0.6) is 17.5 Å². The second kappa shape index (κ2) is 13.5. The molecular formula is C31H37F3N6O5. The van der Waals surface area contributed by atoms with Crippen molar-refractivity contribution in [2.75, 3.05) is 57.3 Å². The number of imidazole rings is 1. The van der Waals surface area contributed by atoms with Crippen LogP contribution in [0.2, 0.25) is 0 Å². The number of nitrogens with zero attached hydrogens (tertiary/aromatic N) is 6. The number of anilines is 1. The van der Waals surface area contributed by atoms with E-state index in [1.165, 1.54) is 18.3 Å². The number of alkyl halides is 3. The summed E-state index contributed by atoms with van der Waals surface area (Å²) in [6, 6.07) is 14.5. The van der Waals surface area contributed by atoms with E-state index in [2.05, 4.69) is 36.6 Å². The summed E-state index contributed by atoms with van der Waals surface area (Å²) in [6.45, 7) is 8.67. The van der Waals surface area contributed by atoms with E-state index in [4.69, 9.17) is 9.47 Å². The maximum absolute atomic E-state index is 12.4. The van der Waals surface area contributed by atoms with Crippen LogP contribution in [0.4, 0.5) is 24.7 Å². The molecule has 0 spiro atoms. The average molecular weight is 631 g/mol. The smallest absolute Gasteiger partial charge is 0.490 e. The minimum atomic E-state index is -4.67. The van der Waals surface area contributed by atoms with Gasteiger partial charge >= 0.3 is 18.2 Å². The molecule has 3 aliphatic heterocycles. The minimum Gasteiger partial charge on any atom is -0.490 e. The molecule has 1 atom stereocenters. The topological polar surface area (TPSA) is 98.4 Å². The molecule has 0 saturated carbocycles. The van der Waals surface area contributed by atoms with E-state index in [-0.39, 0.29) is 23.7 Å². The van der Waals surface area contributed by atoms with Crippen LogP contribution in [-0.4, -0.2) is 89.2 Å². The predicted octanol–water partition coefficient (Wildman–Crippen LogP) is 4.95. The molecule has 11 nitrogen and oxygen atoms in total. The lowest BCUT2D eigenvalue weighted by atomic mass is 9.95. The normalized spacial score (nSPS) is 20.0. The van der Waals surface area contributed by atoms with Gasteiger partial charge in [-0.05, 0) is 78.7 Å². The molecule has 0 bridgehead atoms. The number of nitro groups is 1. The largest absolute Gasteiger partial charge is 0.573 e. The van der Waals surface area contributed by atoms with E-state index >= 15 is 0 Å². The van der Waals surface area contributed by atoms with Gasteiger partial charge < -0.3 is 29.2 Å². The number of aromatic nitrogens is 2. The number of hydrogen-bond acceptors (Lipinski definition) is 9. The van der Waals surface area contributed by atoms with Crippen molar-refractivity contribution < 1.29 is 32.3 Å². The Bertz CT molecular complexity index is 1420. The molecular weight excluding hydrogens is 593 g/mol. The maximum Gasteiger partial charge on any atom is 0.573 e. The molecule has 2 aromatic carbocycles. The molecule has 45 heavy (non-hydrogen) atoms. The number of benzene rings is 2. The molecule has 1 aromatic heterocycles. The Kier molecular flexibility index (Phi) is 9.31. The Morgan fingerprint density at radius 1 is 0.889 bits per heavy atom. The van der Waals surface area contributed by atoms with E-state index in [1.54, 1.807) is 16.7 Å². The molecule has 3 aliphatic rings. The first-order valence-corrected chi connectivity index (χ1v) is 15.3. The predicted molar refractivity (Wildman–Crippen MR) is 160 cm³/mol. The molecule has 1 unspecified atom stereocenters. The van der Waals surface area contributed by atoms with E-state index in [9.17, 15) is 23.3 Å². The SMILES string of the molecule is O=[N+]([O-])c1cn2c(n1)OC(COc1ccc(N3CCN(CC4CCN(Cc5ccc(OC(F)(F)F)cc5)CC4)CC3)cc1)CC2. The number of halogens is 3. The summed E-state index contributed by atoms with van der Waals surface area (Å²) in [5.41, 5.74) is 2.15. The first kappa shape index (κ1) is 31.0. The van der Waals surface area contributed by atoms with Gasteiger partial charge in [-0.1, -0.05) is 12.1 Å². The van der Waals surface area contributed by atoms with E-state index in [0.717, 1.165) is 82.2 Å². The number of piperidine rings is 1. The Morgan fingerprint density at radius 3 is 2.24 bits per heavy atom. The van der Waals surface area contributed by atoms with Crippen LogP contribution in [0, 0.1) is 16.0 Å². The van der Waals surface area contributed by atoms with Crippen molar-refractivity contribution in [1.29, 1.82) is 0 Å². The quantitative estimate of drug-likeness (QED) is 0.228. The average Bonchev–Trinajstić information content (AvgIpc) is 3.46. The minimum absolute atomic E-state index is 0.189. The van der Waals surface area contributed by atoms with Gasteiger partial charge in [0, 0.05) is 62.9 Å². The molecule has 6 rings (SSSR count). The fraction of sp³-hybridized carbons (Fsp3) is 0.516. The third-order valence-corrected chi connectivity index (χ3v) is 8.68. The first-order chi connectivity index (χ1) is 21.7. The second-order valence-corrected chi connectivity index (χ2v) is 11.9. The van der Waals surface area contributed by atoms with E-state index in [0.29, 0.717) is 25.5 Å². The molecule has 14 heteroatoms. The van der Waals surface area contributed by atoms with Crippen molar-refractivity contribution in [3.8, 4) is 17.5 Å². The van der Waals surface area contributed by atoms with E-state index in [1.807, 2.05) is 12.1 Å². The van der Waals surface area contributed by atoms with Crippen LogP contribution in [0.1, 0.15) is 24.8 Å². The molecule has 0 radical (unpaired) electrons. The van der Waals surface area contributed by atoms with Crippen molar-refractivity contribution >= 4 is 11.5 Å². The molecule has 0 amide bonds. The number of ether oxygens (including phenoxy) is 3. The lowest BCUT2D eigenvalue weighted by Gasteiger charge is -2.39. The number of fused-ring (bicyclic) bond motifs is 1.